The van der Waals surface area contributed by atoms with Gasteiger partial charge in [0.2, 0.25) is 0 Å². The van der Waals surface area contributed by atoms with E-state index in [1.54, 1.807) is 0 Å². The first-order valence-corrected chi connectivity index (χ1v) is 4.93. The lowest BCUT2D eigenvalue weighted by Crippen LogP contribution is -2.30. The molecule has 0 saturated carbocycles. The summed E-state index contributed by atoms with van der Waals surface area (Å²) in [7, 11) is 0. The number of rotatable bonds is 6. The number of aliphatic hydroxyl groups excluding tert-OH is 1. The maximum absolute atomic E-state index is 8.81. The lowest BCUT2D eigenvalue weighted by Gasteiger charge is -2.23. The first-order chi connectivity index (χ1) is 5.98. The molecule has 0 aromatic rings. The first kappa shape index (κ1) is 12.7. The summed E-state index contributed by atoms with van der Waals surface area (Å²) >= 11 is 0. The molecule has 78 valence electrons. The van der Waals surface area contributed by atoms with Gasteiger partial charge in [-0.25, -0.2) is 0 Å². The van der Waals surface area contributed by atoms with Gasteiger partial charge in [0, 0.05) is 19.7 Å². The Hall–Kier alpha value is -0.340. The number of hydrogen-bond donors (Lipinski definition) is 2. The molecule has 0 bridgehead atoms. The van der Waals surface area contributed by atoms with Crippen LogP contribution < -0.4 is 5.32 Å². The molecule has 0 unspecified atom stereocenters. The predicted molar refractivity (Wildman–Crippen MR) is 57.8 cm³/mol. The van der Waals surface area contributed by atoms with Gasteiger partial charge in [-0.15, -0.1) is 0 Å². The molecule has 2 heteroatoms. The van der Waals surface area contributed by atoms with E-state index in [1.165, 1.54) is 5.57 Å². The van der Waals surface area contributed by atoms with Crippen molar-refractivity contribution in [1.29, 1.82) is 0 Å². The quantitative estimate of drug-likeness (QED) is 0.489. The average Bonchev–Trinajstić information content (AvgIpc) is 1.98. The molecule has 0 atom stereocenters. The van der Waals surface area contributed by atoms with Crippen molar-refractivity contribution in [2.75, 3.05) is 19.7 Å². The Morgan fingerprint density at radius 3 is 2.46 bits per heavy atom. The molecule has 0 saturated heterocycles. The highest BCUT2D eigenvalue weighted by molar-refractivity contribution is 4.94. The number of allylic oxidation sites excluding steroid dienone is 1. The van der Waals surface area contributed by atoms with Gasteiger partial charge in [0.05, 0.1) is 0 Å². The van der Waals surface area contributed by atoms with E-state index in [2.05, 4.69) is 39.1 Å². The van der Waals surface area contributed by atoms with Crippen LogP contribution in [0.4, 0.5) is 0 Å². The van der Waals surface area contributed by atoms with Crippen LogP contribution in [0.3, 0.4) is 0 Å². The van der Waals surface area contributed by atoms with Crippen molar-refractivity contribution in [3.8, 4) is 0 Å². The number of nitrogens with one attached hydrogen (secondary N) is 1. The summed E-state index contributed by atoms with van der Waals surface area (Å²) < 4.78 is 0. The second kappa shape index (κ2) is 6.17. The SMILES string of the molecule is CC(C)=CCNCC(C)(C)CCO. The molecule has 0 fully saturated rings. The summed E-state index contributed by atoms with van der Waals surface area (Å²) in [6.07, 6.45) is 3.03. The van der Waals surface area contributed by atoms with Crippen LogP contribution in [0.1, 0.15) is 34.1 Å². The highest BCUT2D eigenvalue weighted by atomic mass is 16.3. The Labute approximate surface area is 82.0 Å². The third-order valence-corrected chi connectivity index (χ3v) is 2.05. The van der Waals surface area contributed by atoms with Gasteiger partial charge in [0.15, 0.2) is 0 Å². The molecule has 2 nitrogen and oxygen atoms in total. The zero-order valence-corrected chi connectivity index (χ0v) is 9.35. The lowest BCUT2D eigenvalue weighted by atomic mass is 9.90. The smallest absolute Gasteiger partial charge is 0.0436 e. The third-order valence-electron chi connectivity index (χ3n) is 2.05. The summed E-state index contributed by atoms with van der Waals surface area (Å²) in [5.74, 6) is 0. The first-order valence-electron chi connectivity index (χ1n) is 4.93. The average molecular weight is 185 g/mol. The minimum Gasteiger partial charge on any atom is -0.396 e. The maximum atomic E-state index is 8.81. The van der Waals surface area contributed by atoms with Crippen LogP contribution in [0, 0.1) is 5.41 Å². The Balaban J connectivity index is 3.57. The van der Waals surface area contributed by atoms with Crippen molar-refractivity contribution in [3.05, 3.63) is 11.6 Å². The van der Waals surface area contributed by atoms with E-state index < -0.39 is 0 Å². The minimum absolute atomic E-state index is 0.199. The molecule has 0 aliphatic carbocycles. The molecule has 0 aliphatic rings. The van der Waals surface area contributed by atoms with Gasteiger partial charge in [0.25, 0.3) is 0 Å². The largest absolute Gasteiger partial charge is 0.396 e. The normalized spacial score (nSPS) is 11.5. The minimum atomic E-state index is 0.199. The van der Waals surface area contributed by atoms with Gasteiger partial charge < -0.3 is 10.4 Å². The van der Waals surface area contributed by atoms with Gasteiger partial charge in [-0.3, -0.25) is 0 Å². The van der Waals surface area contributed by atoms with Crippen molar-refractivity contribution in [2.45, 2.75) is 34.1 Å². The van der Waals surface area contributed by atoms with E-state index >= 15 is 0 Å². The summed E-state index contributed by atoms with van der Waals surface area (Å²) in [4.78, 5) is 0. The standard InChI is InChI=1S/C11H23NO/c1-10(2)5-7-12-9-11(3,4)6-8-13/h5,12-13H,6-9H2,1-4H3. The molecule has 0 amide bonds. The Kier molecular flexibility index (Phi) is 6.00. The van der Waals surface area contributed by atoms with E-state index in [1.807, 2.05) is 0 Å². The second-order valence-electron chi connectivity index (χ2n) is 4.55. The van der Waals surface area contributed by atoms with Crippen LogP contribution in [-0.2, 0) is 0 Å². The van der Waals surface area contributed by atoms with Crippen molar-refractivity contribution >= 4 is 0 Å². The van der Waals surface area contributed by atoms with Crippen molar-refractivity contribution in [2.24, 2.45) is 5.41 Å². The van der Waals surface area contributed by atoms with E-state index in [0.29, 0.717) is 0 Å². The topological polar surface area (TPSA) is 32.3 Å². The molecule has 13 heavy (non-hydrogen) atoms. The zero-order chi connectivity index (χ0) is 10.3. The van der Waals surface area contributed by atoms with Crippen molar-refractivity contribution < 1.29 is 5.11 Å². The van der Waals surface area contributed by atoms with Crippen molar-refractivity contribution in [3.63, 3.8) is 0 Å². The van der Waals surface area contributed by atoms with Crippen LogP contribution in [0.5, 0.6) is 0 Å². The van der Waals surface area contributed by atoms with Crippen LogP contribution in [0.2, 0.25) is 0 Å². The van der Waals surface area contributed by atoms with Crippen LogP contribution >= 0.6 is 0 Å². The molecule has 0 aromatic heterocycles. The summed E-state index contributed by atoms with van der Waals surface area (Å²) in [6, 6.07) is 0. The van der Waals surface area contributed by atoms with E-state index in [0.717, 1.165) is 19.5 Å². The number of aliphatic hydroxyl groups is 1. The molecule has 0 aromatic carbocycles. The Morgan fingerprint density at radius 1 is 1.38 bits per heavy atom. The molecule has 0 heterocycles. The highest BCUT2D eigenvalue weighted by Gasteiger charge is 2.15. The van der Waals surface area contributed by atoms with Crippen molar-refractivity contribution in [1.82, 2.24) is 5.32 Å². The summed E-state index contributed by atoms with van der Waals surface area (Å²) in [6.45, 7) is 10.7. The molecule has 0 rings (SSSR count). The van der Waals surface area contributed by atoms with Crippen LogP contribution in [-0.4, -0.2) is 24.8 Å². The van der Waals surface area contributed by atoms with Gasteiger partial charge in [0.1, 0.15) is 0 Å². The molecular weight excluding hydrogens is 162 g/mol. The molecule has 0 radical (unpaired) electrons. The van der Waals surface area contributed by atoms with Gasteiger partial charge in [-0.1, -0.05) is 25.5 Å². The third kappa shape index (κ3) is 8.00. The van der Waals surface area contributed by atoms with Gasteiger partial charge in [-0.2, -0.15) is 0 Å². The van der Waals surface area contributed by atoms with E-state index in [9.17, 15) is 0 Å². The van der Waals surface area contributed by atoms with Gasteiger partial charge in [-0.05, 0) is 25.7 Å². The van der Waals surface area contributed by atoms with E-state index in [4.69, 9.17) is 5.11 Å². The fourth-order valence-electron chi connectivity index (χ4n) is 1.08. The maximum Gasteiger partial charge on any atom is 0.0436 e. The lowest BCUT2D eigenvalue weighted by molar-refractivity contribution is 0.208. The molecule has 0 aliphatic heterocycles. The zero-order valence-electron chi connectivity index (χ0n) is 9.35. The molecular formula is C11H23NO. The fourth-order valence-corrected chi connectivity index (χ4v) is 1.08. The Bertz CT molecular complexity index is 157. The highest BCUT2D eigenvalue weighted by Crippen LogP contribution is 2.17. The number of hydrogen-bond acceptors (Lipinski definition) is 2. The summed E-state index contributed by atoms with van der Waals surface area (Å²) in [5.41, 5.74) is 1.54. The summed E-state index contributed by atoms with van der Waals surface area (Å²) in [5, 5.41) is 12.2. The monoisotopic (exact) mass is 185 g/mol. The molecule has 0 spiro atoms. The van der Waals surface area contributed by atoms with Crippen LogP contribution in [0.15, 0.2) is 11.6 Å². The second-order valence-corrected chi connectivity index (χ2v) is 4.55. The Morgan fingerprint density at radius 2 is 2.00 bits per heavy atom. The fraction of sp³-hybridized carbons (Fsp3) is 0.818. The van der Waals surface area contributed by atoms with Gasteiger partial charge >= 0.3 is 0 Å². The predicted octanol–water partition coefficient (Wildman–Crippen LogP) is 1.95. The molecule has 2 N–H and O–H groups in total. The van der Waals surface area contributed by atoms with E-state index in [-0.39, 0.29) is 12.0 Å². The van der Waals surface area contributed by atoms with Crippen LogP contribution in [0.25, 0.3) is 0 Å².